The molecule has 0 aliphatic rings. The Labute approximate surface area is 166 Å². The van der Waals surface area contributed by atoms with Crippen molar-refractivity contribution in [2.45, 2.75) is 45.6 Å². The Hall–Kier alpha value is -2.69. The molecule has 0 aromatic heterocycles. The van der Waals surface area contributed by atoms with Gasteiger partial charge in [-0.1, -0.05) is 56.3 Å². The standard InChI is InChI=1S/C23H29FN2O2/c1-3-15-25-23(28)21(4-2)26(16-14-18-8-6-5-7-9-18)22(27)17-19-10-12-20(24)13-11-19/h5-13,21H,3-4,14-17H2,1-2H3,(H,25,28)/t21-/m0/s1. The first-order chi connectivity index (χ1) is 13.5. The molecule has 0 heterocycles. The summed E-state index contributed by atoms with van der Waals surface area (Å²) in [5, 5.41) is 2.91. The topological polar surface area (TPSA) is 49.4 Å². The van der Waals surface area contributed by atoms with E-state index in [0.717, 1.165) is 17.5 Å². The number of rotatable bonds is 10. The highest BCUT2D eigenvalue weighted by molar-refractivity contribution is 5.88. The van der Waals surface area contributed by atoms with Gasteiger partial charge in [0.05, 0.1) is 6.42 Å². The summed E-state index contributed by atoms with van der Waals surface area (Å²) in [5.41, 5.74) is 1.85. The van der Waals surface area contributed by atoms with E-state index in [0.29, 0.717) is 25.9 Å². The molecule has 5 heteroatoms. The van der Waals surface area contributed by atoms with Crippen LogP contribution in [0.2, 0.25) is 0 Å². The van der Waals surface area contributed by atoms with Crippen LogP contribution in [-0.2, 0) is 22.4 Å². The van der Waals surface area contributed by atoms with Crippen molar-refractivity contribution < 1.29 is 14.0 Å². The van der Waals surface area contributed by atoms with Gasteiger partial charge in [-0.3, -0.25) is 9.59 Å². The number of hydrogen-bond donors (Lipinski definition) is 1. The van der Waals surface area contributed by atoms with E-state index in [4.69, 9.17) is 0 Å². The van der Waals surface area contributed by atoms with Crippen molar-refractivity contribution >= 4 is 11.8 Å². The molecule has 2 aromatic rings. The van der Waals surface area contributed by atoms with E-state index in [1.807, 2.05) is 44.2 Å². The quantitative estimate of drug-likeness (QED) is 0.678. The van der Waals surface area contributed by atoms with Crippen molar-refractivity contribution in [3.63, 3.8) is 0 Å². The van der Waals surface area contributed by atoms with Crippen molar-refractivity contribution in [3.05, 3.63) is 71.5 Å². The van der Waals surface area contributed by atoms with Gasteiger partial charge in [0, 0.05) is 13.1 Å². The minimum atomic E-state index is -0.511. The fourth-order valence-electron chi connectivity index (χ4n) is 3.14. The minimum absolute atomic E-state index is 0.120. The van der Waals surface area contributed by atoms with Crippen LogP contribution in [0.3, 0.4) is 0 Å². The van der Waals surface area contributed by atoms with E-state index in [1.165, 1.54) is 12.1 Å². The third-order valence-electron chi connectivity index (χ3n) is 4.69. The number of halogens is 1. The Morgan fingerprint density at radius 3 is 2.29 bits per heavy atom. The third-order valence-corrected chi connectivity index (χ3v) is 4.69. The van der Waals surface area contributed by atoms with Crippen LogP contribution in [0.5, 0.6) is 0 Å². The first-order valence-electron chi connectivity index (χ1n) is 9.90. The second-order valence-corrected chi connectivity index (χ2v) is 6.84. The first-order valence-corrected chi connectivity index (χ1v) is 9.90. The molecular weight excluding hydrogens is 355 g/mol. The van der Waals surface area contributed by atoms with E-state index in [-0.39, 0.29) is 24.1 Å². The maximum absolute atomic E-state index is 13.1. The number of carbonyl (C=O) groups excluding carboxylic acids is 2. The average Bonchev–Trinajstić information content (AvgIpc) is 2.71. The van der Waals surface area contributed by atoms with Crippen LogP contribution in [0.15, 0.2) is 54.6 Å². The molecule has 0 fully saturated rings. The van der Waals surface area contributed by atoms with Gasteiger partial charge in [-0.2, -0.15) is 0 Å². The molecule has 0 saturated heterocycles. The van der Waals surface area contributed by atoms with Crippen molar-refractivity contribution in [1.82, 2.24) is 10.2 Å². The van der Waals surface area contributed by atoms with E-state index < -0.39 is 6.04 Å². The lowest BCUT2D eigenvalue weighted by atomic mass is 10.1. The van der Waals surface area contributed by atoms with Crippen molar-refractivity contribution in [1.29, 1.82) is 0 Å². The third kappa shape index (κ3) is 6.48. The lowest BCUT2D eigenvalue weighted by molar-refractivity contribution is -0.140. The van der Waals surface area contributed by atoms with Gasteiger partial charge in [0.2, 0.25) is 11.8 Å². The molecule has 2 aromatic carbocycles. The summed E-state index contributed by atoms with van der Waals surface area (Å²) in [7, 11) is 0. The zero-order valence-electron chi connectivity index (χ0n) is 16.7. The van der Waals surface area contributed by atoms with Gasteiger partial charge >= 0.3 is 0 Å². The summed E-state index contributed by atoms with van der Waals surface area (Å²) in [4.78, 5) is 27.4. The molecular formula is C23H29FN2O2. The molecule has 0 aliphatic carbocycles. The molecule has 0 saturated carbocycles. The summed E-state index contributed by atoms with van der Waals surface area (Å²) in [6.07, 6.45) is 2.20. The Kier molecular flexibility index (Phi) is 8.66. The van der Waals surface area contributed by atoms with Crippen LogP contribution in [-0.4, -0.2) is 35.8 Å². The van der Waals surface area contributed by atoms with Crippen LogP contribution >= 0.6 is 0 Å². The second kappa shape index (κ2) is 11.2. The highest BCUT2D eigenvalue weighted by Gasteiger charge is 2.28. The Bertz CT molecular complexity index is 747. The Morgan fingerprint density at radius 2 is 1.68 bits per heavy atom. The fourth-order valence-corrected chi connectivity index (χ4v) is 3.14. The van der Waals surface area contributed by atoms with E-state index in [9.17, 15) is 14.0 Å². The largest absolute Gasteiger partial charge is 0.354 e. The number of nitrogens with zero attached hydrogens (tertiary/aromatic N) is 1. The normalized spacial score (nSPS) is 11.7. The fraction of sp³-hybridized carbons (Fsp3) is 0.391. The lowest BCUT2D eigenvalue weighted by Crippen LogP contribution is -2.50. The Balaban J connectivity index is 2.16. The second-order valence-electron chi connectivity index (χ2n) is 6.84. The molecule has 150 valence electrons. The van der Waals surface area contributed by atoms with Gasteiger partial charge in [0.1, 0.15) is 11.9 Å². The van der Waals surface area contributed by atoms with Crippen LogP contribution in [0.25, 0.3) is 0 Å². The van der Waals surface area contributed by atoms with Crippen LogP contribution in [0, 0.1) is 5.82 Å². The molecule has 0 aliphatic heterocycles. The Morgan fingerprint density at radius 1 is 1.00 bits per heavy atom. The van der Waals surface area contributed by atoms with E-state index in [2.05, 4.69) is 5.32 Å². The van der Waals surface area contributed by atoms with Crippen molar-refractivity contribution in [2.75, 3.05) is 13.1 Å². The highest BCUT2D eigenvalue weighted by Crippen LogP contribution is 2.13. The van der Waals surface area contributed by atoms with Gasteiger partial charge in [0.15, 0.2) is 0 Å². The summed E-state index contributed by atoms with van der Waals surface area (Å²) in [6, 6.07) is 15.3. The molecule has 0 spiro atoms. The van der Waals surface area contributed by atoms with E-state index >= 15 is 0 Å². The molecule has 1 N–H and O–H groups in total. The highest BCUT2D eigenvalue weighted by atomic mass is 19.1. The van der Waals surface area contributed by atoms with Crippen molar-refractivity contribution in [3.8, 4) is 0 Å². The molecule has 0 unspecified atom stereocenters. The number of hydrogen-bond acceptors (Lipinski definition) is 2. The maximum Gasteiger partial charge on any atom is 0.242 e. The van der Waals surface area contributed by atoms with Crippen molar-refractivity contribution in [2.24, 2.45) is 0 Å². The zero-order chi connectivity index (χ0) is 20.4. The average molecular weight is 384 g/mol. The molecule has 28 heavy (non-hydrogen) atoms. The van der Waals surface area contributed by atoms with Gasteiger partial charge in [-0.05, 0) is 42.5 Å². The molecule has 4 nitrogen and oxygen atoms in total. The molecule has 1 atom stereocenters. The zero-order valence-corrected chi connectivity index (χ0v) is 16.7. The van der Waals surface area contributed by atoms with Gasteiger partial charge in [-0.25, -0.2) is 4.39 Å². The summed E-state index contributed by atoms with van der Waals surface area (Å²) < 4.78 is 13.1. The van der Waals surface area contributed by atoms with E-state index in [1.54, 1.807) is 17.0 Å². The summed E-state index contributed by atoms with van der Waals surface area (Å²) in [5.74, 6) is -0.576. The molecule has 2 amide bonds. The van der Waals surface area contributed by atoms with Crippen LogP contribution in [0.1, 0.15) is 37.8 Å². The van der Waals surface area contributed by atoms with Gasteiger partial charge < -0.3 is 10.2 Å². The molecule has 0 bridgehead atoms. The predicted molar refractivity (Wildman–Crippen MR) is 109 cm³/mol. The SMILES string of the molecule is CCCNC(=O)[C@H](CC)N(CCc1ccccc1)C(=O)Cc1ccc(F)cc1. The lowest BCUT2D eigenvalue weighted by Gasteiger charge is -2.30. The molecule has 2 rings (SSSR count). The number of benzene rings is 2. The number of nitrogens with one attached hydrogen (secondary N) is 1. The van der Waals surface area contributed by atoms with Crippen LogP contribution < -0.4 is 5.32 Å². The number of carbonyl (C=O) groups is 2. The first kappa shape index (κ1) is 21.6. The summed E-state index contributed by atoms with van der Waals surface area (Å²) >= 11 is 0. The predicted octanol–water partition coefficient (Wildman–Crippen LogP) is 3.74. The number of amides is 2. The smallest absolute Gasteiger partial charge is 0.242 e. The van der Waals surface area contributed by atoms with Gasteiger partial charge in [0.25, 0.3) is 0 Å². The summed E-state index contributed by atoms with van der Waals surface area (Å²) in [6.45, 7) is 4.96. The maximum atomic E-state index is 13.1. The molecule has 0 radical (unpaired) electrons. The monoisotopic (exact) mass is 384 g/mol. The minimum Gasteiger partial charge on any atom is -0.354 e. The van der Waals surface area contributed by atoms with Crippen LogP contribution in [0.4, 0.5) is 4.39 Å². The van der Waals surface area contributed by atoms with Gasteiger partial charge in [-0.15, -0.1) is 0 Å².